The lowest BCUT2D eigenvalue weighted by Gasteiger charge is -2.30. The number of hydrogen-bond donors (Lipinski definition) is 2. The summed E-state index contributed by atoms with van der Waals surface area (Å²) < 4.78 is 5.62. The van der Waals surface area contributed by atoms with Crippen molar-refractivity contribution in [1.82, 2.24) is 0 Å². The average Bonchev–Trinajstić information content (AvgIpc) is 2.97. The van der Waals surface area contributed by atoms with Gasteiger partial charge in [0, 0.05) is 17.7 Å². The van der Waals surface area contributed by atoms with E-state index in [4.69, 9.17) is 4.74 Å². The molecule has 32 heavy (non-hydrogen) atoms. The Morgan fingerprint density at radius 3 is 2.28 bits per heavy atom. The van der Waals surface area contributed by atoms with Gasteiger partial charge in [0.1, 0.15) is 5.75 Å². The molecule has 4 nitrogen and oxygen atoms in total. The van der Waals surface area contributed by atoms with Gasteiger partial charge in [0.05, 0.1) is 24.0 Å². The van der Waals surface area contributed by atoms with Crippen LogP contribution in [0.2, 0.25) is 0 Å². The maximum atomic E-state index is 13.6. The monoisotopic (exact) mass is 424 g/mol. The molecule has 0 fully saturated rings. The number of anilines is 2. The van der Waals surface area contributed by atoms with Gasteiger partial charge in [0.2, 0.25) is 0 Å². The van der Waals surface area contributed by atoms with Crippen molar-refractivity contribution in [2.45, 2.75) is 38.6 Å². The number of carbonyl (C=O) groups is 1. The fraction of sp³-hybridized carbons (Fsp3) is 0.250. The minimum atomic E-state index is -0.205. The van der Waals surface area contributed by atoms with E-state index in [-0.39, 0.29) is 17.7 Å². The molecule has 5 rings (SSSR count). The van der Waals surface area contributed by atoms with Gasteiger partial charge in [0.15, 0.2) is 5.78 Å². The van der Waals surface area contributed by atoms with Crippen molar-refractivity contribution in [2.24, 2.45) is 0 Å². The second kappa shape index (κ2) is 8.54. The minimum Gasteiger partial charge on any atom is -0.494 e. The zero-order valence-corrected chi connectivity index (χ0v) is 18.5. The van der Waals surface area contributed by atoms with Gasteiger partial charge in [-0.15, -0.1) is 0 Å². The second-order valence-electron chi connectivity index (χ2n) is 8.58. The van der Waals surface area contributed by atoms with Gasteiger partial charge in [-0.1, -0.05) is 54.1 Å². The van der Waals surface area contributed by atoms with Crippen LogP contribution in [0.3, 0.4) is 0 Å². The SMILES string of the molecule is CCOc1ccc([C@@H]2Nc3ccccc3NC3=C2C(=O)C[C@@H](c2ccc(C)cc2)C3)cc1. The number of hydrogen-bond acceptors (Lipinski definition) is 4. The van der Waals surface area contributed by atoms with E-state index in [1.54, 1.807) is 0 Å². The summed E-state index contributed by atoms with van der Waals surface area (Å²) in [5.41, 5.74) is 7.38. The van der Waals surface area contributed by atoms with Crippen LogP contribution in [-0.4, -0.2) is 12.4 Å². The van der Waals surface area contributed by atoms with Gasteiger partial charge < -0.3 is 15.4 Å². The van der Waals surface area contributed by atoms with E-state index in [1.165, 1.54) is 11.1 Å². The number of Topliss-reactive ketones (excluding diaryl/α,β-unsaturated/α-hetero) is 1. The first-order valence-corrected chi connectivity index (χ1v) is 11.3. The summed E-state index contributed by atoms with van der Waals surface area (Å²) in [6.07, 6.45) is 1.34. The standard InChI is InChI=1S/C28H28N2O2/c1-3-32-22-14-12-20(13-15-22)28-27-25(29-23-6-4-5-7-24(23)30-28)16-21(17-26(27)31)19-10-8-18(2)9-11-19/h4-15,21,28-30H,3,16-17H2,1-2H3/t21-,28-/m0/s1. The number of rotatable bonds is 4. The average molecular weight is 425 g/mol. The van der Waals surface area contributed by atoms with Crippen molar-refractivity contribution in [3.63, 3.8) is 0 Å². The number of aryl methyl sites for hydroxylation is 1. The van der Waals surface area contributed by atoms with E-state index in [0.29, 0.717) is 13.0 Å². The molecule has 3 aromatic rings. The number of ether oxygens (including phenoxy) is 1. The molecule has 0 bridgehead atoms. The molecule has 0 radical (unpaired) electrons. The predicted molar refractivity (Wildman–Crippen MR) is 129 cm³/mol. The third kappa shape index (κ3) is 3.89. The van der Waals surface area contributed by atoms with Gasteiger partial charge in [-0.2, -0.15) is 0 Å². The lowest BCUT2D eigenvalue weighted by atomic mass is 9.78. The molecule has 2 N–H and O–H groups in total. The van der Waals surface area contributed by atoms with Crippen LogP contribution >= 0.6 is 0 Å². The van der Waals surface area contributed by atoms with E-state index in [2.05, 4.69) is 66.1 Å². The molecule has 1 aliphatic carbocycles. The topological polar surface area (TPSA) is 50.4 Å². The quantitative estimate of drug-likeness (QED) is 0.511. The molecular weight excluding hydrogens is 396 g/mol. The molecule has 3 aromatic carbocycles. The first-order valence-electron chi connectivity index (χ1n) is 11.3. The predicted octanol–water partition coefficient (Wildman–Crippen LogP) is 6.37. The summed E-state index contributed by atoms with van der Waals surface area (Å²) in [5, 5.41) is 7.24. The number of ketones is 1. The number of carbonyl (C=O) groups excluding carboxylic acids is 1. The molecule has 162 valence electrons. The number of fused-ring (bicyclic) bond motifs is 1. The number of para-hydroxylation sites is 2. The molecule has 0 saturated heterocycles. The highest BCUT2D eigenvalue weighted by Crippen LogP contribution is 2.44. The van der Waals surface area contributed by atoms with E-state index < -0.39 is 0 Å². The normalized spacial score (nSPS) is 19.9. The highest BCUT2D eigenvalue weighted by Gasteiger charge is 2.36. The smallest absolute Gasteiger partial charge is 0.163 e. The minimum absolute atomic E-state index is 0.181. The molecule has 1 heterocycles. The Morgan fingerprint density at radius 2 is 1.56 bits per heavy atom. The van der Waals surface area contributed by atoms with E-state index in [1.807, 2.05) is 31.2 Å². The van der Waals surface area contributed by atoms with Crippen LogP contribution < -0.4 is 15.4 Å². The number of benzene rings is 3. The highest BCUT2D eigenvalue weighted by molar-refractivity contribution is 6.01. The van der Waals surface area contributed by atoms with E-state index in [0.717, 1.165) is 40.4 Å². The van der Waals surface area contributed by atoms with Crippen LogP contribution in [0, 0.1) is 6.92 Å². The summed E-state index contributed by atoms with van der Waals surface area (Å²) in [7, 11) is 0. The Balaban J connectivity index is 1.56. The molecule has 0 unspecified atom stereocenters. The Labute approximate surface area is 189 Å². The lowest BCUT2D eigenvalue weighted by Crippen LogP contribution is -2.26. The van der Waals surface area contributed by atoms with Crippen molar-refractivity contribution >= 4 is 17.2 Å². The third-order valence-electron chi connectivity index (χ3n) is 6.38. The molecule has 2 atom stereocenters. The zero-order chi connectivity index (χ0) is 22.1. The van der Waals surface area contributed by atoms with Crippen LogP contribution in [0.25, 0.3) is 0 Å². The molecule has 0 aromatic heterocycles. The third-order valence-corrected chi connectivity index (χ3v) is 6.38. The number of allylic oxidation sites excluding steroid dienone is 1. The van der Waals surface area contributed by atoms with Crippen molar-refractivity contribution in [1.29, 1.82) is 0 Å². The van der Waals surface area contributed by atoms with Gasteiger partial charge in [0.25, 0.3) is 0 Å². The van der Waals surface area contributed by atoms with Gasteiger partial charge in [-0.3, -0.25) is 4.79 Å². The highest BCUT2D eigenvalue weighted by atomic mass is 16.5. The molecule has 0 saturated carbocycles. The maximum Gasteiger partial charge on any atom is 0.163 e. The Bertz CT molecular complexity index is 1160. The van der Waals surface area contributed by atoms with Crippen molar-refractivity contribution in [3.8, 4) is 5.75 Å². The fourth-order valence-electron chi connectivity index (χ4n) is 4.74. The summed E-state index contributed by atoms with van der Waals surface area (Å²) in [4.78, 5) is 13.6. The molecular formula is C28H28N2O2. The molecule has 4 heteroatoms. The van der Waals surface area contributed by atoms with Gasteiger partial charge in [-0.05, 0) is 61.6 Å². The maximum absolute atomic E-state index is 13.6. The van der Waals surface area contributed by atoms with E-state index >= 15 is 0 Å². The van der Waals surface area contributed by atoms with Crippen molar-refractivity contribution in [3.05, 3.63) is 101 Å². The summed E-state index contributed by atoms with van der Waals surface area (Å²) in [6, 6.07) is 24.6. The molecule has 1 aliphatic heterocycles. The van der Waals surface area contributed by atoms with Gasteiger partial charge in [-0.25, -0.2) is 0 Å². The Kier molecular flexibility index (Phi) is 5.44. The van der Waals surface area contributed by atoms with Crippen LogP contribution in [0.15, 0.2) is 84.1 Å². The first-order chi connectivity index (χ1) is 15.6. The lowest BCUT2D eigenvalue weighted by molar-refractivity contribution is -0.116. The Hall–Kier alpha value is -3.53. The van der Waals surface area contributed by atoms with Crippen LogP contribution in [0.5, 0.6) is 5.75 Å². The fourth-order valence-corrected chi connectivity index (χ4v) is 4.74. The summed E-state index contributed by atoms with van der Waals surface area (Å²) in [5.74, 6) is 1.22. The first kappa shape index (κ1) is 20.4. The van der Waals surface area contributed by atoms with Crippen molar-refractivity contribution < 1.29 is 9.53 Å². The van der Waals surface area contributed by atoms with Crippen LogP contribution in [0.4, 0.5) is 11.4 Å². The second-order valence-corrected chi connectivity index (χ2v) is 8.58. The molecule has 0 amide bonds. The molecule has 0 spiro atoms. The Morgan fingerprint density at radius 1 is 0.875 bits per heavy atom. The van der Waals surface area contributed by atoms with E-state index in [9.17, 15) is 4.79 Å². The van der Waals surface area contributed by atoms with Crippen LogP contribution in [-0.2, 0) is 4.79 Å². The van der Waals surface area contributed by atoms with Crippen molar-refractivity contribution in [2.75, 3.05) is 17.2 Å². The summed E-state index contributed by atoms with van der Waals surface area (Å²) in [6.45, 7) is 4.70. The number of nitrogens with one attached hydrogen (secondary N) is 2. The zero-order valence-electron chi connectivity index (χ0n) is 18.5. The summed E-state index contributed by atoms with van der Waals surface area (Å²) >= 11 is 0. The molecule has 2 aliphatic rings. The van der Waals surface area contributed by atoms with Gasteiger partial charge >= 0.3 is 0 Å². The van der Waals surface area contributed by atoms with Crippen LogP contribution in [0.1, 0.15) is 48.4 Å². The largest absolute Gasteiger partial charge is 0.494 e.